The summed E-state index contributed by atoms with van der Waals surface area (Å²) in [5, 5.41) is 4.69. The average Bonchev–Trinajstić information content (AvgIpc) is 3.81. The molecule has 0 radical (unpaired) electrons. The van der Waals surface area contributed by atoms with E-state index in [9.17, 15) is 0 Å². The highest BCUT2D eigenvalue weighted by molar-refractivity contribution is 6.09. The second-order valence-corrected chi connectivity index (χ2v) is 21.8. The summed E-state index contributed by atoms with van der Waals surface area (Å²) in [4.78, 5) is 2.45. The minimum atomic E-state index is -0.0194. The van der Waals surface area contributed by atoms with Gasteiger partial charge in [-0.3, -0.25) is 0 Å². The average molecular weight is 954 g/mol. The van der Waals surface area contributed by atoms with Crippen LogP contribution in [0.5, 0.6) is 0 Å². The molecule has 1 heterocycles. The Bertz CT molecular complexity index is 3980. The van der Waals surface area contributed by atoms with E-state index in [1.807, 2.05) is 12.1 Å². The Kier molecular flexibility index (Phi) is 11.7. The van der Waals surface area contributed by atoms with Crippen LogP contribution in [0.2, 0.25) is 0 Å². The van der Waals surface area contributed by atoms with Crippen LogP contribution in [0.15, 0.2) is 253 Å². The molecule has 12 aromatic rings. The monoisotopic (exact) mass is 953 g/mol. The highest BCUT2D eigenvalue weighted by Crippen LogP contribution is 2.47. The van der Waals surface area contributed by atoms with E-state index in [4.69, 9.17) is 4.42 Å². The molecule has 74 heavy (non-hydrogen) atoms. The summed E-state index contributed by atoms with van der Waals surface area (Å²) in [5.74, 6) is 0. The first-order chi connectivity index (χ1) is 35.9. The van der Waals surface area contributed by atoms with Crippen LogP contribution in [0.3, 0.4) is 0 Å². The number of anilines is 3. The summed E-state index contributed by atoms with van der Waals surface area (Å²) < 4.78 is 6.27. The van der Waals surface area contributed by atoms with E-state index >= 15 is 0 Å². The second-order valence-electron chi connectivity index (χ2n) is 21.8. The third-order valence-electron chi connectivity index (χ3n) is 14.8. The van der Waals surface area contributed by atoms with Crippen molar-refractivity contribution in [2.75, 3.05) is 4.90 Å². The molecule has 2 heteroatoms. The minimum absolute atomic E-state index is 0.0194. The summed E-state index contributed by atoms with van der Waals surface area (Å²) in [6.45, 7) is 13.9. The highest BCUT2D eigenvalue weighted by Gasteiger charge is 2.24. The number of para-hydroxylation sites is 2. The Morgan fingerprint density at radius 2 is 0.838 bits per heavy atom. The van der Waals surface area contributed by atoms with Gasteiger partial charge in [0.15, 0.2) is 0 Å². The SMILES string of the molecule is CC(C)(C)c1cc(-c2cccc3cccc(-c4ccccc4N(c4ccc(-c5ccc(-c6ccccc6)c(-c6ccccc6)c5)cc4)c4cccc(-c5ccc6oc7ccccc7c6c5)c4)c23)cc(C(C)(C)C)c1. The fourth-order valence-corrected chi connectivity index (χ4v) is 10.8. The van der Waals surface area contributed by atoms with Crippen LogP contribution >= 0.6 is 0 Å². The first-order valence-electron chi connectivity index (χ1n) is 25.9. The third-order valence-corrected chi connectivity index (χ3v) is 14.8. The lowest BCUT2D eigenvalue weighted by Crippen LogP contribution is -2.16. The predicted octanol–water partition coefficient (Wildman–Crippen LogP) is 20.8. The van der Waals surface area contributed by atoms with Gasteiger partial charge in [0.1, 0.15) is 11.2 Å². The molecule has 0 aliphatic heterocycles. The van der Waals surface area contributed by atoms with Crippen LogP contribution in [0, 0.1) is 0 Å². The first kappa shape index (κ1) is 46.4. The van der Waals surface area contributed by atoms with E-state index in [0.29, 0.717) is 0 Å². The van der Waals surface area contributed by atoms with Crippen molar-refractivity contribution in [3.05, 3.63) is 260 Å². The van der Waals surface area contributed by atoms with Gasteiger partial charge in [-0.15, -0.1) is 0 Å². The fourth-order valence-electron chi connectivity index (χ4n) is 10.8. The number of furan rings is 1. The molecule has 11 aromatic carbocycles. The molecule has 12 rings (SSSR count). The van der Waals surface area contributed by atoms with Crippen molar-refractivity contribution in [2.45, 2.75) is 52.4 Å². The maximum Gasteiger partial charge on any atom is 0.135 e. The summed E-state index contributed by atoms with van der Waals surface area (Å²) in [5.41, 5.74) is 21.9. The lowest BCUT2D eigenvalue weighted by molar-refractivity contribution is 0.569. The maximum absolute atomic E-state index is 6.27. The zero-order chi connectivity index (χ0) is 50.6. The van der Waals surface area contributed by atoms with Gasteiger partial charge in [0.2, 0.25) is 0 Å². The summed E-state index contributed by atoms with van der Waals surface area (Å²) >= 11 is 0. The predicted molar refractivity (Wildman–Crippen MR) is 316 cm³/mol. The smallest absolute Gasteiger partial charge is 0.135 e. The third kappa shape index (κ3) is 8.77. The molecule has 0 aliphatic carbocycles. The molecule has 0 fully saturated rings. The number of benzene rings is 11. The van der Waals surface area contributed by atoms with E-state index in [2.05, 4.69) is 283 Å². The van der Waals surface area contributed by atoms with Gasteiger partial charge in [-0.25, -0.2) is 0 Å². The van der Waals surface area contributed by atoms with Crippen LogP contribution in [0.1, 0.15) is 52.7 Å². The molecule has 0 aliphatic rings. The number of nitrogens with zero attached hydrogens (tertiary/aromatic N) is 1. The molecule has 0 N–H and O–H groups in total. The van der Waals surface area contributed by atoms with Crippen LogP contribution in [0.25, 0.3) is 99.5 Å². The molecule has 0 spiro atoms. The van der Waals surface area contributed by atoms with Crippen molar-refractivity contribution in [1.29, 1.82) is 0 Å². The number of hydrogen-bond acceptors (Lipinski definition) is 2. The van der Waals surface area contributed by atoms with Gasteiger partial charge in [-0.1, -0.05) is 236 Å². The Hall–Kier alpha value is -8.72. The second kappa shape index (κ2) is 18.7. The molecule has 0 saturated carbocycles. The zero-order valence-corrected chi connectivity index (χ0v) is 43.0. The topological polar surface area (TPSA) is 16.4 Å². The molecule has 0 bridgehead atoms. The number of fused-ring (bicyclic) bond motifs is 4. The van der Waals surface area contributed by atoms with Gasteiger partial charge in [-0.05, 0) is 149 Å². The van der Waals surface area contributed by atoms with Crippen molar-refractivity contribution in [2.24, 2.45) is 0 Å². The van der Waals surface area contributed by atoms with Crippen LogP contribution in [-0.2, 0) is 10.8 Å². The Morgan fingerprint density at radius 1 is 0.297 bits per heavy atom. The molecule has 1 aromatic heterocycles. The van der Waals surface area contributed by atoms with Gasteiger partial charge < -0.3 is 9.32 Å². The summed E-state index contributed by atoms with van der Waals surface area (Å²) in [7, 11) is 0. The van der Waals surface area contributed by atoms with E-state index in [-0.39, 0.29) is 10.8 Å². The molecule has 0 unspecified atom stereocenters. The Balaban J connectivity index is 1.03. The van der Waals surface area contributed by atoms with E-state index < -0.39 is 0 Å². The maximum atomic E-state index is 6.27. The first-order valence-corrected chi connectivity index (χ1v) is 25.9. The molecule has 0 atom stereocenters. The quantitative estimate of drug-likeness (QED) is 0.143. The van der Waals surface area contributed by atoms with Crippen molar-refractivity contribution in [3.8, 4) is 66.8 Å². The van der Waals surface area contributed by atoms with Crippen molar-refractivity contribution >= 4 is 49.8 Å². The Morgan fingerprint density at radius 3 is 1.55 bits per heavy atom. The molecular formula is C72H59NO. The largest absolute Gasteiger partial charge is 0.456 e. The van der Waals surface area contributed by atoms with Crippen LogP contribution in [-0.4, -0.2) is 0 Å². The molecule has 0 saturated heterocycles. The minimum Gasteiger partial charge on any atom is -0.456 e. The van der Waals surface area contributed by atoms with Crippen molar-refractivity contribution in [1.82, 2.24) is 0 Å². The fraction of sp³-hybridized carbons (Fsp3) is 0.111. The standard InChI is InChI=1S/C72H59NO/c1-71(2,3)56-42-55(43-57(47-56)72(4,5)6)61-30-18-24-51-25-19-31-64(70(51)61)62-28-13-15-32-67(62)73(59-27-17-26-52(44-59)54-37-41-69-66(46-54)63-29-14-16-33-68(63)74-69)58-38-34-48(35-39-58)53-36-40-60(49-20-9-7-10-21-49)65(45-53)50-22-11-8-12-23-50/h7-47H,1-6H3. The van der Waals surface area contributed by atoms with E-state index in [1.54, 1.807) is 0 Å². The Labute approximate surface area is 435 Å². The molecule has 358 valence electrons. The van der Waals surface area contributed by atoms with E-state index in [1.165, 1.54) is 66.4 Å². The van der Waals surface area contributed by atoms with Gasteiger partial charge in [0.05, 0.1) is 5.69 Å². The van der Waals surface area contributed by atoms with Gasteiger partial charge in [-0.2, -0.15) is 0 Å². The van der Waals surface area contributed by atoms with Crippen molar-refractivity contribution in [3.63, 3.8) is 0 Å². The molecule has 2 nitrogen and oxygen atoms in total. The normalized spacial score (nSPS) is 11.9. The molecular weight excluding hydrogens is 895 g/mol. The zero-order valence-electron chi connectivity index (χ0n) is 43.0. The summed E-state index contributed by atoms with van der Waals surface area (Å²) in [6.07, 6.45) is 0. The van der Waals surface area contributed by atoms with Crippen molar-refractivity contribution < 1.29 is 4.42 Å². The summed E-state index contributed by atoms with van der Waals surface area (Å²) in [6, 6.07) is 91.1. The molecule has 0 amide bonds. The van der Waals surface area contributed by atoms with Gasteiger partial charge >= 0.3 is 0 Å². The van der Waals surface area contributed by atoms with Gasteiger partial charge in [0.25, 0.3) is 0 Å². The lowest BCUT2D eigenvalue weighted by atomic mass is 9.78. The lowest BCUT2D eigenvalue weighted by Gasteiger charge is -2.29. The number of hydrogen-bond donors (Lipinski definition) is 0. The highest BCUT2D eigenvalue weighted by atomic mass is 16.3. The number of rotatable bonds is 9. The van der Waals surface area contributed by atoms with Gasteiger partial charge in [0, 0.05) is 27.7 Å². The van der Waals surface area contributed by atoms with Crippen LogP contribution in [0.4, 0.5) is 17.1 Å². The van der Waals surface area contributed by atoms with Crippen LogP contribution < -0.4 is 4.90 Å². The van der Waals surface area contributed by atoms with E-state index in [0.717, 1.165) is 61.3 Å².